The zero-order valence-corrected chi connectivity index (χ0v) is 13.6. The molecule has 1 aromatic heterocycles. The molecule has 2 rings (SSSR count). The summed E-state index contributed by atoms with van der Waals surface area (Å²) in [6.45, 7) is 3.25. The molecular formula is C17H23N3O3. The van der Waals surface area contributed by atoms with Gasteiger partial charge in [-0.2, -0.15) is 0 Å². The molecule has 0 bridgehead atoms. The molecule has 1 aromatic carbocycles. The smallest absolute Gasteiger partial charge is 0.219 e. The van der Waals surface area contributed by atoms with Gasteiger partial charge in [0.15, 0.2) is 0 Å². The van der Waals surface area contributed by atoms with E-state index in [2.05, 4.69) is 4.98 Å². The number of carbonyl (C=O) groups excluding carboxylic acids is 1. The Morgan fingerprint density at radius 2 is 2.13 bits per heavy atom. The first-order chi connectivity index (χ1) is 11.1. The first-order valence-corrected chi connectivity index (χ1v) is 7.64. The number of hydrogen-bond acceptors (Lipinski definition) is 4. The molecule has 6 nitrogen and oxygen atoms in total. The summed E-state index contributed by atoms with van der Waals surface area (Å²) in [7, 11) is 1.67. The molecule has 0 aliphatic carbocycles. The van der Waals surface area contributed by atoms with Gasteiger partial charge in [0.1, 0.15) is 5.75 Å². The number of aliphatic hydroxyl groups excluding tert-OH is 1. The summed E-state index contributed by atoms with van der Waals surface area (Å²) in [6, 6.07) is 7.32. The number of amides is 1. The van der Waals surface area contributed by atoms with Crippen LogP contribution in [0.2, 0.25) is 0 Å². The molecule has 0 radical (unpaired) electrons. The van der Waals surface area contributed by atoms with Gasteiger partial charge in [-0.15, -0.1) is 0 Å². The SMILES string of the molecule is CC(=O)N(C)C[C@H](O)c1ccc(OCCCn2ccnc2)cc1. The van der Waals surface area contributed by atoms with Crippen molar-refractivity contribution in [2.75, 3.05) is 20.2 Å². The molecule has 0 aliphatic heterocycles. The predicted molar refractivity (Wildman–Crippen MR) is 87.1 cm³/mol. The lowest BCUT2D eigenvalue weighted by atomic mass is 10.1. The standard InChI is InChI=1S/C17H23N3O3/c1-14(21)19(2)12-17(22)15-4-6-16(7-5-15)23-11-3-9-20-10-8-18-13-20/h4-8,10,13,17,22H,3,9,11-12H2,1-2H3/t17-/m0/s1. The second-order valence-electron chi connectivity index (χ2n) is 5.49. The Hall–Kier alpha value is -2.34. The van der Waals surface area contributed by atoms with E-state index in [1.54, 1.807) is 19.6 Å². The Bertz CT molecular complexity index is 596. The Balaban J connectivity index is 1.76. The van der Waals surface area contributed by atoms with E-state index < -0.39 is 6.10 Å². The minimum Gasteiger partial charge on any atom is -0.494 e. The summed E-state index contributed by atoms with van der Waals surface area (Å²) in [5.41, 5.74) is 0.767. The zero-order valence-electron chi connectivity index (χ0n) is 13.6. The van der Waals surface area contributed by atoms with Crippen LogP contribution in [0.3, 0.4) is 0 Å². The number of benzene rings is 1. The van der Waals surface area contributed by atoms with Gasteiger partial charge in [-0.1, -0.05) is 12.1 Å². The van der Waals surface area contributed by atoms with Crippen LogP contribution in [0, 0.1) is 0 Å². The van der Waals surface area contributed by atoms with E-state index in [0.29, 0.717) is 6.61 Å². The third-order valence-corrected chi connectivity index (χ3v) is 3.64. The molecular weight excluding hydrogens is 294 g/mol. The van der Waals surface area contributed by atoms with E-state index in [-0.39, 0.29) is 12.5 Å². The van der Waals surface area contributed by atoms with Gasteiger partial charge in [-0.05, 0) is 24.1 Å². The summed E-state index contributed by atoms with van der Waals surface area (Å²) >= 11 is 0. The van der Waals surface area contributed by atoms with Crippen molar-refractivity contribution in [3.63, 3.8) is 0 Å². The van der Waals surface area contributed by atoms with Crippen molar-refractivity contribution in [3.8, 4) is 5.75 Å². The molecule has 0 spiro atoms. The second-order valence-corrected chi connectivity index (χ2v) is 5.49. The number of nitrogens with zero attached hydrogens (tertiary/aromatic N) is 3. The molecule has 0 unspecified atom stereocenters. The average Bonchev–Trinajstić information content (AvgIpc) is 3.05. The van der Waals surface area contributed by atoms with Gasteiger partial charge < -0.3 is 19.3 Å². The molecule has 0 saturated heterocycles. The lowest BCUT2D eigenvalue weighted by Gasteiger charge is -2.19. The van der Waals surface area contributed by atoms with Gasteiger partial charge in [0.25, 0.3) is 0 Å². The van der Waals surface area contributed by atoms with Crippen molar-refractivity contribution < 1.29 is 14.6 Å². The number of likely N-dealkylation sites (N-methyl/N-ethyl adjacent to an activating group) is 1. The highest BCUT2D eigenvalue weighted by molar-refractivity contribution is 5.72. The van der Waals surface area contributed by atoms with Gasteiger partial charge in [0.2, 0.25) is 5.91 Å². The monoisotopic (exact) mass is 317 g/mol. The quantitative estimate of drug-likeness (QED) is 0.755. The number of aryl methyl sites for hydroxylation is 1. The number of carbonyl (C=O) groups is 1. The topological polar surface area (TPSA) is 67.6 Å². The molecule has 2 aromatic rings. The normalized spacial score (nSPS) is 12.0. The van der Waals surface area contributed by atoms with Gasteiger partial charge in [-0.25, -0.2) is 4.98 Å². The molecule has 0 aliphatic rings. The lowest BCUT2D eigenvalue weighted by molar-refractivity contribution is -0.128. The van der Waals surface area contributed by atoms with Crippen molar-refractivity contribution >= 4 is 5.91 Å². The van der Waals surface area contributed by atoms with Crippen molar-refractivity contribution in [3.05, 3.63) is 48.5 Å². The number of imidazole rings is 1. The summed E-state index contributed by atoms with van der Waals surface area (Å²) in [4.78, 5) is 16.7. The minimum atomic E-state index is -0.695. The molecule has 1 amide bonds. The molecule has 1 N–H and O–H groups in total. The first kappa shape index (κ1) is 17.0. The predicted octanol–water partition coefficient (Wildman–Crippen LogP) is 1.86. The third-order valence-electron chi connectivity index (χ3n) is 3.64. The molecule has 1 atom stereocenters. The summed E-state index contributed by atoms with van der Waals surface area (Å²) in [5, 5.41) is 10.1. The van der Waals surface area contributed by atoms with Crippen LogP contribution in [0.5, 0.6) is 5.75 Å². The molecule has 1 heterocycles. The fraction of sp³-hybridized carbons (Fsp3) is 0.412. The van der Waals surface area contributed by atoms with Crippen molar-refractivity contribution in [1.82, 2.24) is 14.5 Å². The van der Waals surface area contributed by atoms with Gasteiger partial charge in [0, 0.05) is 32.9 Å². The fourth-order valence-electron chi connectivity index (χ4n) is 2.14. The lowest BCUT2D eigenvalue weighted by Crippen LogP contribution is -2.28. The highest BCUT2D eigenvalue weighted by atomic mass is 16.5. The summed E-state index contributed by atoms with van der Waals surface area (Å²) < 4.78 is 7.69. The Labute approximate surface area is 136 Å². The number of aliphatic hydroxyl groups is 1. The first-order valence-electron chi connectivity index (χ1n) is 7.64. The van der Waals surface area contributed by atoms with E-state index in [4.69, 9.17) is 4.74 Å². The van der Waals surface area contributed by atoms with Crippen LogP contribution >= 0.6 is 0 Å². The number of ether oxygens (including phenoxy) is 1. The van der Waals surface area contributed by atoms with Crippen LogP contribution in [-0.2, 0) is 11.3 Å². The number of rotatable bonds is 8. The van der Waals surface area contributed by atoms with E-state index in [9.17, 15) is 9.90 Å². The Morgan fingerprint density at radius 3 is 2.74 bits per heavy atom. The molecule has 23 heavy (non-hydrogen) atoms. The van der Waals surface area contributed by atoms with Gasteiger partial charge in [-0.3, -0.25) is 4.79 Å². The molecule has 6 heteroatoms. The maximum Gasteiger partial charge on any atom is 0.219 e. The average molecular weight is 317 g/mol. The third kappa shape index (κ3) is 5.41. The van der Waals surface area contributed by atoms with Crippen LogP contribution < -0.4 is 4.74 Å². The van der Waals surface area contributed by atoms with Crippen molar-refractivity contribution in [2.24, 2.45) is 0 Å². The van der Waals surface area contributed by atoms with Crippen molar-refractivity contribution in [1.29, 1.82) is 0 Å². The van der Waals surface area contributed by atoms with Crippen LogP contribution in [0.25, 0.3) is 0 Å². The van der Waals surface area contributed by atoms with Crippen molar-refractivity contribution in [2.45, 2.75) is 26.0 Å². The molecule has 0 saturated carbocycles. The van der Waals surface area contributed by atoms with Gasteiger partial charge in [0.05, 0.1) is 25.6 Å². The maximum atomic E-state index is 11.2. The highest BCUT2D eigenvalue weighted by Gasteiger charge is 2.12. The Kier molecular flexibility index (Phi) is 6.17. The maximum absolute atomic E-state index is 11.2. The van der Waals surface area contributed by atoms with E-state index in [0.717, 1.165) is 24.3 Å². The minimum absolute atomic E-state index is 0.0677. The van der Waals surface area contributed by atoms with Gasteiger partial charge >= 0.3 is 0 Å². The van der Waals surface area contributed by atoms with E-state index >= 15 is 0 Å². The van der Waals surface area contributed by atoms with Crippen LogP contribution in [-0.4, -0.2) is 45.7 Å². The summed E-state index contributed by atoms with van der Waals surface area (Å²) in [6.07, 6.45) is 5.67. The number of aromatic nitrogens is 2. The van der Waals surface area contributed by atoms with E-state index in [1.165, 1.54) is 11.8 Å². The largest absolute Gasteiger partial charge is 0.494 e. The number of hydrogen-bond donors (Lipinski definition) is 1. The second kappa shape index (κ2) is 8.33. The summed E-state index contributed by atoms with van der Waals surface area (Å²) in [5.74, 6) is 0.702. The van der Waals surface area contributed by atoms with Crippen LogP contribution in [0.15, 0.2) is 43.0 Å². The molecule has 124 valence electrons. The Morgan fingerprint density at radius 1 is 1.39 bits per heavy atom. The van der Waals surface area contributed by atoms with E-state index in [1.807, 2.05) is 35.0 Å². The van der Waals surface area contributed by atoms with Crippen LogP contribution in [0.4, 0.5) is 0 Å². The molecule has 0 fully saturated rings. The fourth-order valence-corrected chi connectivity index (χ4v) is 2.14. The van der Waals surface area contributed by atoms with Crippen LogP contribution in [0.1, 0.15) is 25.0 Å². The zero-order chi connectivity index (χ0) is 16.7. The highest BCUT2D eigenvalue weighted by Crippen LogP contribution is 2.18.